The highest BCUT2D eigenvalue weighted by atomic mass is 35.5. The lowest BCUT2D eigenvalue weighted by Gasteiger charge is -2.40. The Bertz CT molecular complexity index is 569. The van der Waals surface area contributed by atoms with Crippen LogP contribution in [0, 0.1) is 0 Å². The molecule has 6 nitrogen and oxygen atoms in total. The Balaban J connectivity index is 0.00000176. The maximum absolute atomic E-state index is 12.6. The highest BCUT2D eigenvalue weighted by molar-refractivity contribution is 5.95. The number of nitrogens with zero attached hydrogens (tertiary/aromatic N) is 2. The quantitative estimate of drug-likeness (QED) is 0.833. The summed E-state index contributed by atoms with van der Waals surface area (Å²) in [6.45, 7) is 2.26. The van der Waals surface area contributed by atoms with E-state index in [9.17, 15) is 9.59 Å². The zero-order valence-corrected chi connectivity index (χ0v) is 13.4. The minimum absolute atomic E-state index is 0. The standard InChI is InChI=1S/C15H20N4O2.ClH/c1-18-10-19(12-4-2-11(3-5-12)13(16)20)15(14(18)21)6-8-17-9-7-15;/h2-5,17H,6-10H2,1H3,(H2,16,20);1H. The van der Waals surface area contributed by atoms with Gasteiger partial charge in [-0.15, -0.1) is 12.4 Å². The van der Waals surface area contributed by atoms with Crippen LogP contribution in [0.3, 0.4) is 0 Å². The summed E-state index contributed by atoms with van der Waals surface area (Å²) in [7, 11) is 1.84. The lowest BCUT2D eigenvalue weighted by molar-refractivity contribution is -0.131. The predicted octanol–water partition coefficient (Wildman–Crippen LogP) is 0.565. The van der Waals surface area contributed by atoms with Crippen LogP contribution in [-0.2, 0) is 4.79 Å². The van der Waals surface area contributed by atoms with Crippen LogP contribution in [0.2, 0.25) is 0 Å². The number of carbonyl (C=O) groups is 2. The first-order chi connectivity index (χ1) is 10.0. The third-order valence-electron chi connectivity index (χ3n) is 4.51. The second kappa shape index (κ2) is 6.14. The molecule has 3 rings (SSSR count). The van der Waals surface area contributed by atoms with Crippen molar-refractivity contribution in [2.45, 2.75) is 18.4 Å². The number of likely N-dealkylation sites (N-methyl/N-ethyl adjacent to an activating group) is 1. The molecular formula is C15H21ClN4O2. The fourth-order valence-corrected chi connectivity index (χ4v) is 3.34. The van der Waals surface area contributed by atoms with Crippen LogP contribution in [0.25, 0.3) is 0 Å². The van der Waals surface area contributed by atoms with E-state index >= 15 is 0 Å². The number of rotatable bonds is 2. The third kappa shape index (κ3) is 2.53. The zero-order valence-electron chi connectivity index (χ0n) is 12.5. The van der Waals surface area contributed by atoms with Crippen LogP contribution in [-0.4, -0.2) is 49.1 Å². The van der Waals surface area contributed by atoms with E-state index in [-0.39, 0.29) is 18.3 Å². The lowest BCUT2D eigenvalue weighted by atomic mass is 9.86. The van der Waals surface area contributed by atoms with Crippen molar-refractivity contribution in [1.29, 1.82) is 0 Å². The molecule has 2 aliphatic heterocycles. The Morgan fingerprint density at radius 2 is 1.82 bits per heavy atom. The van der Waals surface area contributed by atoms with E-state index in [1.165, 1.54) is 0 Å². The number of primary amides is 1. The zero-order chi connectivity index (χ0) is 15.0. The molecule has 3 N–H and O–H groups in total. The van der Waals surface area contributed by atoms with Gasteiger partial charge in [0.1, 0.15) is 5.54 Å². The van der Waals surface area contributed by atoms with Crippen molar-refractivity contribution >= 4 is 29.9 Å². The second-order valence-electron chi connectivity index (χ2n) is 5.77. The number of hydrogen-bond acceptors (Lipinski definition) is 4. The first-order valence-corrected chi connectivity index (χ1v) is 7.18. The average molecular weight is 325 g/mol. The number of halogens is 1. The maximum Gasteiger partial charge on any atom is 0.249 e. The minimum atomic E-state index is -0.450. The number of hydrogen-bond donors (Lipinski definition) is 2. The molecule has 120 valence electrons. The molecule has 2 fully saturated rings. The molecule has 1 spiro atoms. The summed E-state index contributed by atoms with van der Waals surface area (Å²) in [6.07, 6.45) is 1.60. The number of nitrogens with one attached hydrogen (secondary N) is 1. The largest absolute Gasteiger partial charge is 0.366 e. The van der Waals surface area contributed by atoms with Crippen molar-refractivity contribution in [3.05, 3.63) is 29.8 Å². The molecule has 0 radical (unpaired) electrons. The van der Waals surface area contributed by atoms with E-state index in [2.05, 4.69) is 10.2 Å². The fraction of sp³-hybridized carbons (Fsp3) is 0.467. The molecule has 1 aromatic rings. The highest BCUT2D eigenvalue weighted by Crippen LogP contribution is 2.37. The molecule has 2 aliphatic rings. The molecule has 2 heterocycles. The number of amides is 2. The molecular weight excluding hydrogens is 304 g/mol. The van der Waals surface area contributed by atoms with Gasteiger partial charge < -0.3 is 20.9 Å². The molecule has 0 bridgehead atoms. The molecule has 0 aromatic heterocycles. The molecule has 0 aliphatic carbocycles. The van der Waals surface area contributed by atoms with Crippen molar-refractivity contribution in [2.24, 2.45) is 5.73 Å². The van der Waals surface area contributed by atoms with Crippen LogP contribution >= 0.6 is 12.4 Å². The van der Waals surface area contributed by atoms with Crippen molar-refractivity contribution < 1.29 is 9.59 Å². The first kappa shape index (κ1) is 16.6. The van der Waals surface area contributed by atoms with E-state index in [1.807, 2.05) is 19.2 Å². The van der Waals surface area contributed by atoms with Crippen molar-refractivity contribution in [1.82, 2.24) is 10.2 Å². The summed E-state index contributed by atoms with van der Waals surface area (Å²) in [5, 5.41) is 3.31. The minimum Gasteiger partial charge on any atom is -0.366 e. The number of benzene rings is 1. The van der Waals surface area contributed by atoms with Gasteiger partial charge in [-0.05, 0) is 50.2 Å². The van der Waals surface area contributed by atoms with Gasteiger partial charge in [-0.3, -0.25) is 9.59 Å². The Hall–Kier alpha value is -1.79. The molecule has 0 unspecified atom stereocenters. The van der Waals surface area contributed by atoms with Gasteiger partial charge in [-0.25, -0.2) is 0 Å². The van der Waals surface area contributed by atoms with Gasteiger partial charge >= 0.3 is 0 Å². The summed E-state index contributed by atoms with van der Waals surface area (Å²) < 4.78 is 0. The normalized spacial score (nSPS) is 20.1. The van der Waals surface area contributed by atoms with Gasteiger partial charge in [0.25, 0.3) is 0 Å². The molecule has 2 amide bonds. The average Bonchev–Trinajstić information content (AvgIpc) is 2.74. The van der Waals surface area contributed by atoms with Gasteiger partial charge in [0.2, 0.25) is 11.8 Å². The smallest absolute Gasteiger partial charge is 0.249 e. The molecule has 0 saturated carbocycles. The summed E-state index contributed by atoms with van der Waals surface area (Å²) >= 11 is 0. The number of carbonyl (C=O) groups excluding carboxylic acids is 2. The SMILES string of the molecule is CN1CN(c2ccc(C(N)=O)cc2)C2(CCNCC2)C1=O.Cl. The van der Waals surface area contributed by atoms with Crippen molar-refractivity contribution in [2.75, 3.05) is 31.7 Å². The highest BCUT2D eigenvalue weighted by Gasteiger charge is 2.51. The van der Waals surface area contributed by atoms with Crippen LogP contribution < -0.4 is 16.0 Å². The Kier molecular flexibility index (Phi) is 4.63. The van der Waals surface area contributed by atoms with Gasteiger partial charge in [0.15, 0.2) is 0 Å². The van der Waals surface area contributed by atoms with Crippen LogP contribution in [0.4, 0.5) is 5.69 Å². The molecule has 7 heteroatoms. The van der Waals surface area contributed by atoms with Gasteiger partial charge in [-0.2, -0.15) is 0 Å². The fourth-order valence-electron chi connectivity index (χ4n) is 3.34. The maximum atomic E-state index is 12.6. The van der Waals surface area contributed by atoms with Crippen LogP contribution in [0.15, 0.2) is 24.3 Å². The van der Waals surface area contributed by atoms with Gasteiger partial charge in [-0.1, -0.05) is 0 Å². The molecule has 22 heavy (non-hydrogen) atoms. The van der Waals surface area contributed by atoms with Crippen molar-refractivity contribution in [3.63, 3.8) is 0 Å². The van der Waals surface area contributed by atoms with Crippen molar-refractivity contribution in [3.8, 4) is 0 Å². The van der Waals surface area contributed by atoms with E-state index in [0.29, 0.717) is 12.2 Å². The summed E-state index contributed by atoms with van der Waals surface area (Å²) in [4.78, 5) is 27.7. The van der Waals surface area contributed by atoms with Gasteiger partial charge in [0, 0.05) is 18.3 Å². The summed E-state index contributed by atoms with van der Waals surface area (Å²) in [5.74, 6) is -0.254. The number of piperidine rings is 1. The molecule has 0 atom stereocenters. The first-order valence-electron chi connectivity index (χ1n) is 7.18. The Labute approximate surface area is 136 Å². The van der Waals surface area contributed by atoms with Crippen LogP contribution in [0.1, 0.15) is 23.2 Å². The van der Waals surface area contributed by atoms with E-state index in [4.69, 9.17) is 5.73 Å². The van der Waals surface area contributed by atoms with E-state index in [0.717, 1.165) is 31.6 Å². The second-order valence-corrected chi connectivity index (χ2v) is 5.77. The van der Waals surface area contributed by atoms with E-state index in [1.54, 1.807) is 17.0 Å². The summed E-state index contributed by atoms with van der Waals surface area (Å²) in [6, 6.07) is 7.18. The monoisotopic (exact) mass is 324 g/mol. The van der Waals surface area contributed by atoms with E-state index < -0.39 is 11.4 Å². The Morgan fingerprint density at radius 3 is 2.36 bits per heavy atom. The van der Waals surface area contributed by atoms with Gasteiger partial charge in [0.05, 0.1) is 6.67 Å². The lowest BCUT2D eigenvalue weighted by Crippen LogP contribution is -2.55. The summed E-state index contributed by atoms with van der Waals surface area (Å²) in [5.41, 5.74) is 6.27. The predicted molar refractivity (Wildman–Crippen MR) is 87.2 cm³/mol. The number of nitrogens with two attached hydrogens (primary N) is 1. The third-order valence-corrected chi connectivity index (χ3v) is 4.51. The number of anilines is 1. The molecule has 1 aromatic carbocycles. The Morgan fingerprint density at radius 1 is 1.23 bits per heavy atom. The molecule has 2 saturated heterocycles. The topological polar surface area (TPSA) is 78.7 Å². The van der Waals surface area contributed by atoms with Crippen LogP contribution in [0.5, 0.6) is 0 Å².